The average molecular weight is 392 g/mol. The Hall–Kier alpha value is -3.39. The second kappa shape index (κ2) is 8.32. The summed E-state index contributed by atoms with van der Waals surface area (Å²) in [6, 6.07) is 13.1. The lowest BCUT2D eigenvalue weighted by Crippen LogP contribution is -2.44. The van der Waals surface area contributed by atoms with E-state index in [0.717, 1.165) is 31.9 Å². The number of hydrogen-bond donors (Lipinski definition) is 2. The molecular weight excluding hydrogens is 368 g/mol. The third kappa shape index (κ3) is 4.72. The highest BCUT2D eigenvalue weighted by Gasteiger charge is 2.14. The molecule has 4 rings (SSSR count). The molecule has 8 heteroatoms. The highest BCUT2D eigenvalue weighted by atomic mass is 16.5. The SMILES string of the molecule is Cc1cc(Nc2cc(C(=O)Nc3ccc(N4CCN(C)CC4)cc3)ccn2)no1. The number of aryl methyl sites for hydroxylation is 1. The molecular formula is C21H24N6O2. The molecule has 1 aliphatic heterocycles. The summed E-state index contributed by atoms with van der Waals surface area (Å²) in [5.41, 5.74) is 2.44. The van der Waals surface area contributed by atoms with Crippen LogP contribution < -0.4 is 15.5 Å². The van der Waals surface area contributed by atoms with Crippen molar-refractivity contribution in [3.63, 3.8) is 0 Å². The lowest BCUT2D eigenvalue weighted by atomic mass is 10.2. The Morgan fingerprint density at radius 1 is 1.03 bits per heavy atom. The van der Waals surface area contributed by atoms with Gasteiger partial charge in [-0.1, -0.05) is 5.16 Å². The number of pyridine rings is 1. The Kier molecular flexibility index (Phi) is 5.44. The molecule has 1 saturated heterocycles. The molecule has 2 N–H and O–H groups in total. The molecule has 0 atom stereocenters. The van der Waals surface area contributed by atoms with Crippen LogP contribution in [0.15, 0.2) is 53.2 Å². The van der Waals surface area contributed by atoms with Crippen molar-refractivity contribution in [3.05, 3.63) is 60.0 Å². The Labute approximate surface area is 169 Å². The average Bonchev–Trinajstić information content (AvgIpc) is 3.14. The number of rotatable bonds is 5. The van der Waals surface area contributed by atoms with Crippen molar-refractivity contribution in [3.8, 4) is 0 Å². The van der Waals surface area contributed by atoms with Gasteiger partial charge in [0.15, 0.2) is 5.82 Å². The third-order valence-corrected chi connectivity index (χ3v) is 4.90. The van der Waals surface area contributed by atoms with Gasteiger partial charge in [-0.05, 0) is 50.4 Å². The number of benzene rings is 1. The number of anilines is 4. The van der Waals surface area contributed by atoms with Gasteiger partial charge in [0.1, 0.15) is 11.6 Å². The summed E-state index contributed by atoms with van der Waals surface area (Å²) in [4.78, 5) is 21.5. The first-order valence-electron chi connectivity index (χ1n) is 9.58. The van der Waals surface area contributed by atoms with Crippen molar-refractivity contribution < 1.29 is 9.32 Å². The predicted molar refractivity (Wildman–Crippen MR) is 113 cm³/mol. The second-order valence-corrected chi connectivity index (χ2v) is 7.17. The highest BCUT2D eigenvalue weighted by Crippen LogP contribution is 2.20. The summed E-state index contributed by atoms with van der Waals surface area (Å²) < 4.78 is 5.03. The monoisotopic (exact) mass is 392 g/mol. The van der Waals surface area contributed by atoms with Gasteiger partial charge in [-0.3, -0.25) is 4.79 Å². The van der Waals surface area contributed by atoms with E-state index in [1.54, 1.807) is 24.4 Å². The lowest BCUT2D eigenvalue weighted by molar-refractivity contribution is 0.102. The number of carbonyl (C=O) groups excluding carboxylic acids is 1. The predicted octanol–water partition coefficient (Wildman–Crippen LogP) is 3.13. The molecule has 29 heavy (non-hydrogen) atoms. The van der Waals surface area contributed by atoms with Gasteiger partial charge in [-0.25, -0.2) is 4.98 Å². The normalized spacial score (nSPS) is 14.6. The van der Waals surface area contributed by atoms with Crippen LogP contribution in [0.4, 0.5) is 23.0 Å². The molecule has 1 aliphatic rings. The van der Waals surface area contributed by atoms with Crippen molar-refractivity contribution in [1.29, 1.82) is 0 Å². The van der Waals surface area contributed by atoms with E-state index in [0.29, 0.717) is 23.0 Å². The van der Waals surface area contributed by atoms with Gasteiger partial charge in [0.25, 0.3) is 5.91 Å². The molecule has 0 radical (unpaired) electrons. The maximum absolute atomic E-state index is 12.6. The molecule has 0 unspecified atom stereocenters. The minimum absolute atomic E-state index is 0.195. The number of piperazine rings is 1. The molecule has 0 spiro atoms. The smallest absolute Gasteiger partial charge is 0.255 e. The van der Waals surface area contributed by atoms with Gasteiger partial charge in [0.05, 0.1) is 0 Å². The van der Waals surface area contributed by atoms with Gasteiger partial charge in [0, 0.05) is 55.4 Å². The fourth-order valence-electron chi connectivity index (χ4n) is 3.22. The van der Waals surface area contributed by atoms with E-state index in [9.17, 15) is 4.79 Å². The molecule has 3 heterocycles. The number of carbonyl (C=O) groups is 1. The zero-order valence-electron chi connectivity index (χ0n) is 16.6. The van der Waals surface area contributed by atoms with Crippen molar-refractivity contribution in [2.45, 2.75) is 6.92 Å². The van der Waals surface area contributed by atoms with Crippen LogP contribution in [-0.4, -0.2) is 54.2 Å². The van der Waals surface area contributed by atoms with Crippen LogP contribution in [0.25, 0.3) is 0 Å². The minimum atomic E-state index is -0.195. The van der Waals surface area contributed by atoms with Crippen LogP contribution in [-0.2, 0) is 0 Å². The Morgan fingerprint density at radius 2 is 1.79 bits per heavy atom. The van der Waals surface area contributed by atoms with Gasteiger partial charge in [-0.2, -0.15) is 0 Å². The Bertz CT molecular complexity index is 977. The van der Waals surface area contributed by atoms with Gasteiger partial charge in [0.2, 0.25) is 0 Å². The first-order valence-corrected chi connectivity index (χ1v) is 9.58. The van der Waals surface area contributed by atoms with E-state index >= 15 is 0 Å². The summed E-state index contributed by atoms with van der Waals surface area (Å²) >= 11 is 0. The van der Waals surface area contributed by atoms with E-state index in [1.807, 2.05) is 31.2 Å². The van der Waals surface area contributed by atoms with Gasteiger partial charge >= 0.3 is 0 Å². The van der Waals surface area contributed by atoms with Gasteiger partial charge in [-0.15, -0.1) is 0 Å². The maximum Gasteiger partial charge on any atom is 0.255 e. The van der Waals surface area contributed by atoms with Crippen molar-refractivity contribution in [1.82, 2.24) is 15.0 Å². The molecule has 1 fully saturated rings. The topological polar surface area (TPSA) is 86.5 Å². The largest absolute Gasteiger partial charge is 0.369 e. The van der Waals surface area contributed by atoms with E-state index in [1.165, 1.54) is 5.69 Å². The minimum Gasteiger partial charge on any atom is -0.369 e. The molecule has 150 valence electrons. The third-order valence-electron chi connectivity index (χ3n) is 4.90. The van der Waals surface area contributed by atoms with E-state index in [4.69, 9.17) is 4.52 Å². The molecule has 1 amide bonds. The molecule has 8 nitrogen and oxygen atoms in total. The molecule has 1 aromatic carbocycles. The number of nitrogens with zero attached hydrogens (tertiary/aromatic N) is 4. The molecule has 0 aliphatic carbocycles. The highest BCUT2D eigenvalue weighted by molar-refractivity contribution is 6.04. The molecule has 0 bridgehead atoms. The first-order chi connectivity index (χ1) is 14.1. The number of nitrogens with one attached hydrogen (secondary N) is 2. The lowest BCUT2D eigenvalue weighted by Gasteiger charge is -2.34. The van der Waals surface area contributed by atoms with Crippen molar-refractivity contribution in [2.24, 2.45) is 0 Å². The van der Waals surface area contributed by atoms with Crippen LogP contribution in [0, 0.1) is 6.92 Å². The quantitative estimate of drug-likeness (QED) is 0.690. The van der Waals surface area contributed by atoms with Crippen LogP contribution in [0.5, 0.6) is 0 Å². The first kappa shape index (κ1) is 18.9. The number of amides is 1. The molecule has 0 saturated carbocycles. The fraction of sp³-hybridized carbons (Fsp3) is 0.286. The van der Waals surface area contributed by atoms with Crippen molar-refractivity contribution >= 4 is 28.9 Å². The standard InChI is InChI=1S/C21H24N6O2/c1-15-13-20(25-29-15)24-19-14-16(7-8-22-19)21(28)23-17-3-5-18(6-4-17)27-11-9-26(2)10-12-27/h3-8,13-14H,9-12H2,1-2H3,(H,23,28)(H,22,24,25). The van der Waals surface area contributed by atoms with Crippen LogP contribution in [0.2, 0.25) is 0 Å². The van der Waals surface area contributed by atoms with Crippen LogP contribution >= 0.6 is 0 Å². The summed E-state index contributed by atoms with van der Waals surface area (Å²) in [6.07, 6.45) is 1.58. The molecule has 3 aromatic rings. The number of likely N-dealkylation sites (N-methyl/N-ethyl adjacent to an activating group) is 1. The van der Waals surface area contributed by atoms with E-state index in [2.05, 4.69) is 37.6 Å². The Morgan fingerprint density at radius 3 is 2.48 bits per heavy atom. The zero-order valence-corrected chi connectivity index (χ0v) is 16.6. The van der Waals surface area contributed by atoms with E-state index in [-0.39, 0.29) is 5.91 Å². The summed E-state index contributed by atoms with van der Waals surface area (Å²) in [6.45, 7) is 5.96. The fourth-order valence-corrected chi connectivity index (χ4v) is 3.22. The van der Waals surface area contributed by atoms with Crippen LogP contribution in [0.3, 0.4) is 0 Å². The maximum atomic E-state index is 12.6. The summed E-state index contributed by atoms with van der Waals surface area (Å²) in [7, 11) is 2.14. The summed E-state index contributed by atoms with van der Waals surface area (Å²) in [5, 5.41) is 9.83. The Balaban J connectivity index is 1.39. The van der Waals surface area contributed by atoms with Crippen LogP contribution in [0.1, 0.15) is 16.1 Å². The number of aromatic nitrogens is 2. The van der Waals surface area contributed by atoms with Gasteiger partial charge < -0.3 is 25.0 Å². The second-order valence-electron chi connectivity index (χ2n) is 7.17. The van der Waals surface area contributed by atoms with Crippen molar-refractivity contribution in [2.75, 3.05) is 48.8 Å². The molecule has 2 aromatic heterocycles. The zero-order chi connectivity index (χ0) is 20.2. The summed E-state index contributed by atoms with van der Waals surface area (Å²) in [5.74, 6) is 1.57. The van der Waals surface area contributed by atoms with E-state index < -0.39 is 0 Å². The number of hydrogen-bond acceptors (Lipinski definition) is 7.